The van der Waals surface area contributed by atoms with Crippen LogP contribution in [0.4, 0.5) is 0 Å². The number of hydrogen-bond donors (Lipinski definition) is 0. The summed E-state index contributed by atoms with van der Waals surface area (Å²) in [6.07, 6.45) is 45.3. The van der Waals surface area contributed by atoms with Crippen LogP contribution in [-0.4, -0.2) is 9.97 Å². The monoisotopic (exact) mass is 753 g/mol. The van der Waals surface area contributed by atoms with E-state index in [4.69, 9.17) is 14.7 Å². The van der Waals surface area contributed by atoms with Gasteiger partial charge in [-0.1, -0.05) is 105 Å². The van der Waals surface area contributed by atoms with E-state index in [9.17, 15) is 0 Å². The lowest BCUT2D eigenvalue weighted by molar-refractivity contribution is 0.143. The normalized spacial score (nSPS) is 28.9. The summed E-state index contributed by atoms with van der Waals surface area (Å²) in [7, 11) is 0. The average Bonchev–Trinajstić information content (AvgIpc) is 3.22. The highest BCUT2D eigenvalue weighted by Gasteiger charge is 2.33. The van der Waals surface area contributed by atoms with Crippen LogP contribution in [0.2, 0.25) is 0 Å². The van der Waals surface area contributed by atoms with Crippen LogP contribution in [0.15, 0.2) is 24.5 Å². The molecule has 0 saturated heterocycles. The minimum atomic E-state index is 0.789. The first-order chi connectivity index (χ1) is 27.0. The SMILES string of the molecule is CCCCc1ncc(Oc2cnc(CCCC)c(CC3CCC(C4CCC(CCCC)CC4)CC3)c2)cc1CC1CCC(C2CCC(CCCC)CC2)CC1. The summed E-state index contributed by atoms with van der Waals surface area (Å²) in [5, 5.41) is 0. The van der Waals surface area contributed by atoms with Gasteiger partial charge in [-0.05, 0) is 186 Å². The molecule has 4 aliphatic rings. The Hall–Kier alpha value is -1.90. The van der Waals surface area contributed by atoms with E-state index >= 15 is 0 Å². The van der Waals surface area contributed by atoms with Crippen molar-refractivity contribution in [3.05, 3.63) is 47.0 Å². The first-order valence-electron chi connectivity index (χ1n) is 24.7. The van der Waals surface area contributed by atoms with Gasteiger partial charge in [0.1, 0.15) is 11.5 Å². The average molecular weight is 753 g/mol. The smallest absolute Gasteiger partial charge is 0.146 e. The van der Waals surface area contributed by atoms with Gasteiger partial charge in [0.2, 0.25) is 0 Å². The Kier molecular flexibility index (Phi) is 17.8. The molecule has 55 heavy (non-hydrogen) atoms. The molecular weight excluding hydrogens is 669 g/mol. The Morgan fingerprint density at radius 1 is 0.436 bits per heavy atom. The van der Waals surface area contributed by atoms with E-state index < -0.39 is 0 Å². The van der Waals surface area contributed by atoms with E-state index in [1.54, 1.807) is 0 Å². The lowest BCUT2D eigenvalue weighted by Gasteiger charge is -2.38. The Bertz CT molecular complexity index is 1250. The molecule has 0 spiro atoms. The first-order valence-corrected chi connectivity index (χ1v) is 24.7. The van der Waals surface area contributed by atoms with E-state index in [1.807, 2.05) is 12.4 Å². The van der Waals surface area contributed by atoms with Crippen molar-refractivity contribution in [3.8, 4) is 11.5 Å². The Morgan fingerprint density at radius 2 is 0.764 bits per heavy atom. The number of hydrogen-bond acceptors (Lipinski definition) is 3. The van der Waals surface area contributed by atoms with Crippen LogP contribution in [0.1, 0.15) is 217 Å². The Morgan fingerprint density at radius 3 is 1.09 bits per heavy atom. The fraction of sp³-hybridized carbons (Fsp3) is 0.808. The standard InChI is InChI=1S/C52H84N2O/c1-5-9-13-39-17-25-43(26-18-39)45-29-21-41(22-30-45)33-47-35-49(37-53-51(47)15-11-7-3)55-50-36-48(52(54-38-50)16-12-8-4)34-42-23-31-46(32-24-42)44-27-19-40(20-28-44)14-10-6-2/h35-46H,5-34H2,1-4H3. The number of nitrogens with zero attached hydrogens (tertiary/aromatic N) is 2. The van der Waals surface area contributed by atoms with Gasteiger partial charge in [0.25, 0.3) is 0 Å². The fourth-order valence-corrected chi connectivity index (χ4v) is 12.0. The second-order valence-electron chi connectivity index (χ2n) is 19.7. The van der Waals surface area contributed by atoms with Crippen molar-refractivity contribution in [3.63, 3.8) is 0 Å². The molecule has 0 bridgehead atoms. The third-order valence-corrected chi connectivity index (χ3v) is 15.7. The van der Waals surface area contributed by atoms with Crippen molar-refractivity contribution in [2.24, 2.45) is 47.3 Å². The second-order valence-corrected chi connectivity index (χ2v) is 19.7. The van der Waals surface area contributed by atoms with Gasteiger partial charge >= 0.3 is 0 Å². The molecule has 4 saturated carbocycles. The van der Waals surface area contributed by atoms with E-state index in [0.717, 1.165) is 71.7 Å². The number of aryl methyl sites for hydroxylation is 2. The molecule has 6 rings (SSSR count). The predicted molar refractivity (Wildman–Crippen MR) is 234 cm³/mol. The van der Waals surface area contributed by atoms with Crippen LogP contribution >= 0.6 is 0 Å². The highest BCUT2D eigenvalue weighted by molar-refractivity contribution is 5.36. The zero-order chi connectivity index (χ0) is 38.2. The van der Waals surface area contributed by atoms with Crippen molar-refractivity contribution < 1.29 is 4.74 Å². The van der Waals surface area contributed by atoms with Crippen LogP contribution in [0.3, 0.4) is 0 Å². The largest absolute Gasteiger partial charge is 0.454 e. The number of aromatic nitrogens is 2. The lowest BCUT2D eigenvalue weighted by Crippen LogP contribution is -2.26. The van der Waals surface area contributed by atoms with Gasteiger partial charge in [-0.15, -0.1) is 0 Å². The summed E-state index contributed by atoms with van der Waals surface area (Å²) < 4.78 is 6.69. The van der Waals surface area contributed by atoms with Crippen LogP contribution in [0.25, 0.3) is 0 Å². The third kappa shape index (κ3) is 13.1. The number of pyridine rings is 2. The molecule has 4 aliphatic carbocycles. The maximum Gasteiger partial charge on any atom is 0.146 e. The fourth-order valence-electron chi connectivity index (χ4n) is 12.0. The molecule has 0 unspecified atom stereocenters. The van der Waals surface area contributed by atoms with Gasteiger partial charge in [0.05, 0.1) is 12.4 Å². The summed E-state index contributed by atoms with van der Waals surface area (Å²) in [4.78, 5) is 10.2. The first kappa shape index (κ1) is 42.7. The molecule has 2 heterocycles. The van der Waals surface area contributed by atoms with Crippen LogP contribution in [-0.2, 0) is 25.7 Å². The molecule has 0 radical (unpaired) electrons. The summed E-state index contributed by atoms with van der Waals surface area (Å²) in [6, 6.07) is 4.73. The van der Waals surface area contributed by atoms with E-state index in [2.05, 4.69) is 39.8 Å². The molecule has 0 aromatic carbocycles. The number of unbranched alkanes of at least 4 members (excludes halogenated alkanes) is 4. The van der Waals surface area contributed by atoms with Gasteiger partial charge < -0.3 is 4.74 Å². The minimum Gasteiger partial charge on any atom is -0.454 e. The second kappa shape index (κ2) is 22.9. The molecule has 0 atom stereocenters. The Labute approximate surface area is 339 Å². The zero-order valence-corrected chi connectivity index (χ0v) is 36.4. The summed E-state index contributed by atoms with van der Waals surface area (Å²) in [6.45, 7) is 9.30. The van der Waals surface area contributed by atoms with Crippen LogP contribution in [0, 0.1) is 47.3 Å². The van der Waals surface area contributed by atoms with E-state index in [1.165, 1.54) is 202 Å². The number of ether oxygens (including phenoxy) is 1. The molecule has 0 N–H and O–H groups in total. The molecule has 2 aromatic rings. The highest BCUT2D eigenvalue weighted by Crippen LogP contribution is 2.45. The molecule has 0 amide bonds. The zero-order valence-electron chi connectivity index (χ0n) is 36.4. The van der Waals surface area contributed by atoms with E-state index in [0.29, 0.717) is 0 Å². The molecule has 3 nitrogen and oxygen atoms in total. The molecule has 308 valence electrons. The maximum absolute atomic E-state index is 6.69. The quantitative estimate of drug-likeness (QED) is 0.135. The molecule has 2 aromatic heterocycles. The maximum atomic E-state index is 6.69. The summed E-state index contributed by atoms with van der Waals surface area (Å²) in [5.74, 6) is 9.40. The summed E-state index contributed by atoms with van der Waals surface area (Å²) in [5.41, 5.74) is 5.53. The number of rotatable bonds is 20. The minimum absolute atomic E-state index is 0.789. The highest BCUT2D eigenvalue weighted by atomic mass is 16.5. The third-order valence-electron chi connectivity index (χ3n) is 15.7. The van der Waals surface area contributed by atoms with Crippen molar-refractivity contribution in [1.29, 1.82) is 0 Å². The molecular formula is C52H84N2O. The van der Waals surface area contributed by atoms with Crippen LogP contribution in [0.5, 0.6) is 11.5 Å². The van der Waals surface area contributed by atoms with Gasteiger partial charge in [-0.2, -0.15) is 0 Å². The van der Waals surface area contributed by atoms with Crippen molar-refractivity contribution >= 4 is 0 Å². The predicted octanol–water partition coefficient (Wildman–Crippen LogP) is 15.6. The van der Waals surface area contributed by atoms with Crippen molar-refractivity contribution in [2.75, 3.05) is 0 Å². The molecule has 0 aliphatic heterocycles. The lowest BCUT2D eigenvalue weighted by atomic mass is 9.68. The topological polar surface area (TPSA) is 35.0 Å². The Balaban J connectivity index is 1.04. The van der Waals surface area contributed by atoms with Gasteiger partial charge in [-0.3, -0.25) is 9.97 Å². The van der Waals surface area contributed by atoms with E-state index in [-0.39, 0.29) is 0 Å². The summed E-state index contributed by atoms with van der Waals surface area (Å²) >= 11 is 0. The van der Waals surface area contributed by atoms with Crippen molar-refractivity contribution in [2.45, 2.75) is 220 Å². The van der Waals surface area contributed by atoms with Gasteiger partial charge in [-0.25, -0.2) is 0 Å². The van der Waals surface area contributed by atoms with Gasteiger partial charge in [0, 0.05) is 11.4 Å². The van der Waals surface area contributed by atoms with Gasteiger partial charge in [0.15, 0.2) is 0 Å². The van der Waals surface area contributed by atoms with Crippen molar-refractivity contribution in [1.82, 2.24) is 9.97 Å². The van der Waals surface area contributed by atoms with Crippen LogP contribution < -0.4 is 4.74 Å². The molecule has 3 heteroatoms. The molecule has 4 fully saturated rings.